The zero-order chi connectivity index (χ0) is 13.9. The zero-order valence-corrected chi connectivity index (χ0v) is 11.3. The van der Waals surface area contributed by atoms with Gasteiger partial charge < -0.3 is 10.7 Å². The molecule has 0 spiro atoms. The van der Waals surface area contributed by atoms with Crippen molar-refractivity contribution in [3.8, 4) is 22.6 Å². The van der Waals surface area contributed by atoms with Crippen LogP contribution < -0.4 is 5.73 Å². The fourth-order valence-corrected chi connectivity index (χ4v) is 2.29. The molecule has 3 N–H and O–H groups in total. The number of rotatable bonds is 3. The Bertz CT molecular complexity index is 724. The summed E-state index contributed by atoms with van der Waals surface area (Å²) in [7, 11) is 0. The fraction of sp³-hybridized carbons (Fsp3) is 0.0714. The second-order valence-electron chi connectivity index (χ2n) is 4.23. The first-order valence-corrected chi connectivity index (χ1v) is 6.46. The summed E-state index contributed by atoms with van der Waals surface area (Å²) in [5.41, 5.74) is 9.28. The number of nitrogens with two attached hydrogens (primary N) is 1. The molecule has 3 rings (SSSR count). The average Bonchev–Trinajstić information content (AvgIpc) is 3.01. The van der Waals surface area contributed by atoms with E-state index in [-0.39, 0.29) is 0 Å². The Morgan fingerprint density at radius 1 is 1.20 bits per heavy atom. The van der Waals surface area contributed by atoms with E-state index in [1.165, 1.54) is 6.33 Å². The van der Waals surface area contributed by atoms with E-state index in [1.54, 1.807) is 18.6 Å². The lowest BCUT2D eigenvalue weighted by Gasteiger charge is -2.10. The van der Waals surface area contributed by atoms with Gasteiger partial charge in [-0.1, -0.05) is 17.7 Å². The Morgan fingerprint density at radius 3 is 2.85 bits per heavy atom. The van der Waals surface area contributed by atoms with E-state index in [0.29, 0.717) is 11.6 Å². The lowest BCUT2D eigenvalue weighted by atomic mass is 10.0. The first-order valence-electron chi connectivity index (χ1n) is 6.08. The maximum Gasteiger partial charge on any atom is 0.141 e. The highest BCUT2D eigenvalue weighted by Crippen LogP contribution is 2.31. The normalized spacial score (nSPS) is 10.7. The second kappa shape index (κ2) is 5.40. The number of halogens is 1. The molecule has 1 aromatic carbocycles. The Balaban J connectivity index is 2.21. The first kappa shape index (κ1) is 12.8. The number of aromatic nitrogens is 4. The van der Waals surface area contributed by atoms with Gasteiger partial charge in [-0.05, 0) is 17.7 Å². The third-order valence-electron chi connectivity index (χ3n) is 3.01. The molecule has 20 heavy (non-hydrogen) atoms. The third-order valence-corrected chi connectivity index (χ3v) is 3.24. The van der Waals surface area contributed by atoms with Crippen LogP contribution in [0.15, 0.2) is 43.1 Å². The summed E-state index contributed by atoms with van der Waals surface area (Å²) in [5, 5.41) is 0.655. The average molecular weight is 286 g/mol. The standard InChI is InChI=1S/C14H12ClN5/c15-10-1-2-11(9(5-10)6-16)13-12(7-17-8-20-13)14-18-3-4-19-14/h1-5,7-8H,6,16H2,(H,18,19). The molecule has 0 fully saturated rings. The summed E-state index contributed by atoms with van der Waals surface area (Å²) < 4.78 is 0. The van der Waals surface area contributed by atoms with E-state index in [4.69, 9.17) is 17.3 Å². The molecule has 0 saturated heterocycles. The third kappa shape index (κ3) is 2.29. The lowest BCUT2D eigenvalue weighted by molar-refractivity contribution is 1.06. The molecule has 0 unspecified atom stereocenters. The summed E-state index contributed by atoms with van der Waals surface area (Å²) >= 11 is 6.02. The highest BCUT2D eigenvalue weighted by Gasteiger charge is 2.14. The SMILES string of the molecule is NCc1cc(Cl)ccc1-c1ncncc1-c1ncc[nH]1. The molecule has 5 nitrogen and oxygen atoms in total. The van der Waals surface area contributed by atoms with E-state index >= 15 is 0 Å². The summed E-state index contributed by atoms with van der Waals surface area (Å²) in [6.07, 6.45) is 6.70. The van der Waals surface area contributed by atoms with Crippen molar-refractivity contribution in [2.24, 2.45) is 5.73 Å². The molecular formula is C14H12ClN5. The number of nitrogens with one attached hydrogen (secondary N) is 1. The lowest BCUT2D eigenvalue weighted by Crippen LogP contribution is -2.01. The number of H-pyrrole nitrogens is 1. The summed E-state index contributed by atoms with van der Waals surface area (Å²) in [6, 6.07) is 5.59. The molecule has 0 amide bonds. The molecule has 0 atom stereocenters. The highest BCUT2D eigenvalue weighted by atomic mass is 35.5. The molecule has 0 aliphatic heterocycles. The van der Waals surface area contributed by atoms with E-state index in [1.807, 2.05) is 18.2 Å². The highest BCUT2D eigenvalue weighted by molar-refractivity contribution is 6.30. The van der Waals surface area contributed by atoms with Crippen molar-refractivity contribution >= 4 is 11.6 Å². The summed E-state index contributed by atoms with van der Waals surface area (Å²) in [6.45, 7) is 0.386. The minimum Gasteiger partial charge on any atom is -0.345 e. The molecule has 100 valence electrons. The number of aromatic amines is 1. The molecule has 0 saturated carbocycles. The van der Waals surface area contributed by atoms with Crippen LogP contribution >= 0.6 is 11.6 Å². The fourth-order valence-electron chi connectivity index (χ4n) is 2.09. The van der Waals surface area contributed by atoms with Crippen molar-refractivity contribution < 1.29 is 0 Å². The predicted molar refractivity (Wildman–Crippen MR) is 78.0 cm³/mol. The number of hydrogen-bond acceptors (Lipinski definition) is 4. The second-order valence-corrected chi connectivity index (χ2v) is 4.66. The van der Waals surface area contributed by atoms with Crippen molar-refractivity contribution in [2.45, 2.75) is 6.54 Å². The zero-order valence-electron chi connectivity index (χ0n) is 10.5. The molecule has 0 aliphatic rings. The van der Waals surface area contributed by atoms with Crippen molar-refractivity contribution in [2.75, 3.05) is 0 Å². The van der Waals surface area contributed by atoms with Crippen LogP contribution in [0.2, 0.25) is 5.02 Å². The van der Waals surface area contributed by atoms with E-state index < -0.39 is 0 Å². The minimum atomic E-state index is 0.386. The maximum absolute atomic E-state index is 6.02. The number of hydrogen-bond donors (Lipinski definition) is 2. The van der Waals surface area contributed by atoms with Gasteiger partial charge >= 0.3 is 0 Å². The van der Waals surface area contributed by atoms with Crippen molar-refractivity contribution in [3.05, 3.63) is 53.7 Å². The summed E-state index contributed by atoms with van der Waals surface area (Å²) in [5.74, 6) is 0.721. The van der Waals surface area contributed by atoms with E-state index in [2.05, 4.69) is 19.9 Å². The van der Waals surface area contributed by atoms with Crippen LogP contribution in [-0.2, 0) is 6.54 Å². The minimum absolute atomic E-state index is 0.386. The van der Waals surface area contributed by atoms with Gasteiger partial charge in [-0.15, -0.1) is 0 Å². The number of nitrogens with zero attached hydrogens (tertiary/aromatic N) is 3. The van der Waals surface area contributed by atoms with Crippen LogP contribution in [0, 0.1) is 0 Å². The monoisotopic (exact) mass is 285 g/mol. The van der Waals surface area contributed by atoms with Gasteiger partial charge in [0.15, 0.2) is 0 Å². The van der Waals surface area contributed by atoms with Gasteiger partial charge in [-0.2, -0.15) is 0 Å². The topological polar surface area (TPSA) is 80.5 Å². The van der Waals surface area contributed by atoms with Gasteiger partial charge in [-0.3, -0.25) is 0 Å². The predicted octanol–water partition coefficient (Wildman–Crippen LogP) is 2.65. The summed E-state index contributed by atoms with van der Waals surface area (Å²) in [4.78, 5) is 15.8. The molecule has 0 bridgehead atoms. The maximum atomic E-state index is 6.02. The van der Waals surface area contributed by atoms with Gasteiger partial charge in [0.25, 0.3) is 0 Å². The van der Waals surface area contributed by atoms with Gasteiger partial charge in [0.2, 0.25) is 0 Å². The van der Waals surface area contributed by atoms with Gasteiger partial charge in [-0.25, -0.2) is 15.0 Å². The molecule has 3 aromatic rings. The van der Waals surface area contributed by atoms with Gasteiger partial charge in [0.05, 0.1) is 11.3 Å². The molecule has 0 aliphatic carbocycles. The van der Waals surface area contributed by atoms with Crippen molar-refractivity contribution in [1.82, 2.24) is 19.9 Å². The van der Waals surface area contributed by atoms with Crippen LogP contribution in [0.4, 0.5) is 0 Å². The molecule has 0 radical (unpaired) electrons. The molecule has 2 aromatic heterocycles. The molecule has 2 heterocycles. The Labute approximate surface area is 120 Å². The Kier molecular flexibility index (Phi) is 3.45. The van der Waals surface area contributed by atoms with Crippen molar-refractivity contribution in [3.63, 3.8) is 0 Å². The number of benzene rings is 1. The van der Waals surface area contributed by atoms with Crippen LogP contribution in [0.25, 0.3) is 22.6 Å². The first-order chi connectivity index (χ1) is 9.79. The van der Waals surface area contributed by atoms with Gasteiger partial charge in [0.1, 0.15) is 12.2 Å². The quantitative estimate of drug-likeness (QED) is 0.775. The Morgan fingerprint density at radius 2 is 2.10 bits per heavy atom. The van der Waals surface area contributed by atoms with Crippen LogP contribution in [0.1, 0.15) is 5.56 Å². The molecular weight excluding hydrogens is 274 g/mol. The molecule has 6 heteroatoms. The van der Waals surface area contributed by atoms with Crippen LogP contribution in [-0.4, -0.2) is 19.9 Å². The van der Waals surface area contributed by atoms with E-state index in [0.717, 1.165) is 28.2 Å². The smallest absolute Gasteiger partial charge is 0.141 e. The van der Waals surface area contributed by atoms with Crippen molar-refractivity contribution in [1.29, 1.82) is 0 Å². The largest absolute Gasteiger partial charge is 0.345 e. The van der Waals surface area contributed by atoms with E-state index in [9.17, 15) is 0 Å². The Hall–Kier alpha value is -2.24. The van der Waals surface area contributed by atoms with Gasteiger partial charge in [0, 0.05) is 35.7 Å². The van der Waals surface area contributed by atoms with Crippen LogP contribution in [0.5, 0.6) is 0 Å². The van der Waals surface area contributed by atoms with Crippen LogP contribution in [0.3, 0.4) is 0 Å². The number of imidazole rings is 1.